The highest BCUT2D eigenvalue weighted by molar-refractivity contribution is 5.79. The number of non-ortho nitro benzene ring substituents is 1. The highest BCUT2D eigenvalue weighted by Gasteiger charge is 2.02. The second-order valence-corrected chi connectivity index (χ2v) is 4.11. The molecule has 0 aromatic heterocycles. The average molecular weight is 283 g/mol. The third kappa shape index (κ3) is 4.17. The van der Waals surface area contributed by atoms with Crippen LogP contribution in [0.4, 0.5) is 11.4 Å². The normalized spacial score (nSPS) is 11.0. The summed E-state index contributed by atoms with van der Waals surface area (Å²) in [5, 5.41) is 24.0. The summed E-state index contributed by atoms with van der Waals surface area (Å²) < 4.78 is 0. The van der Waals surface area contributed by atoms with E-state index in [0.29, 0.717) is 11.3 Å². The summed E-state index contributed by atoms with van der Waals surface area (Å²) in [6.45, 7) is 0. The van der Waals surface area contributed by atoms with Gasteiger partial charge in [0.25, 0.3) is 5.69 Å². The lowest BCUT2D eigenvalue weighted by Crippen LogP contribution is -1.90. The number of hydrazone groups is 1. The number of allylic oxidation sites excluding steroid dienone is 1. The molecule has 2 aromatic rings. The van der Waals surface area contributed by atoms with Gasteiger partial charge in [0.15, 0.2) is 0 Å². The molecule has 6 nitrogen and oxygen atoms in total. The predicted molar refractivity (Wildman–Crippen MR) is 82.4 cm³/mol. The summed E-state index contributed by atoms with van der Waals surface area (Å²) >= 11 is 0. The van der Waals surface area contributed by atoms with Gasteiger partial charge in [-0.05, 0) is 30.4 Å². The number of nitrogens with zero attached hydrogens (tertiary/aromatic N) is 2. The van der Waals surface area contributed by atoms with E-state index in [0.717, 1.165) is 0 Å². The maximum Gasteiger partial charge on any atom is 0.269 e. The van der Waals surface area contributed by atoms with Crippen LogP contribution in [-0.4, -0.2) is 16.2 Å². The smallest absolute Gasteiger partial charge is 0.269 e. The molecule has 0 saturated carbocycles. The fourth-order valence-electron chi connectivity index (χ4n) is 1.59. The van der Waals surface area contributed by atoms with Gasteiger partial charge in [-0.1, -0.05) is 18.2 Å². The molecule has 0 bridgehead atoms. The van der Waals surface area contributed by atoms with Crippen molar-refractivity contribution in [2.24, 2.45) is 5.10 Å². The van der Waals surface area contributed by atoms with E-state index in [-0.39, 0.29) is 11.4 Å². The molecule has 0 spiro atoms. The Labute approximate surface area is 121 Å². The van der Waals surface area contributed by atoms with Crippen molar-refractivity contribution in [3.8, 4) is 5.75 Å². The molecule has 2 N–H and O–H groups in total. The van der Waals surface area contributed by atoms with Gasteiger partial charge in [0.2, 0.25) is 0 Å². The third-order valence-corrected chi connectivity index (χ3v) is 2.64. The molecule has 21 heavy (non-hydrogen) atoms. The number of nitro groups is 1. The Morgan fingerprint density at radius 1 is 1.14 bits per heavy atom. The van der Waals surface area contributed by atoms with E-state index in [4.69, 9.17) is 0 Å². The molecule has 2 rings (SSSR count). The van der Waals surface area contributed by atoms with Gasteiger partial charge in [-0.3, -0.25) is 15.5 Å². The molecule has 0 aliphatic heterocycles. The minimum atomic E-state index is -0.456. The van der Waals surface area contributed by atoms with Crippen LogP contribution in [0.25, 0.3) is 6.08 Å². The highest BCUT2D eigenvalue weighted by atomic mass is 16.6. The van der Waals surface area contributed by atoms with Gasteiger partial charge in [0.05, 0.1) is 10.6 Å². The Morgan fingerprint density at radius 2 is 1.86 bits per heavy atom. The largest absolute Gasteiger partial charge is 0.507 e. The van der Waals surface area contributed by atoms with Crippen LogP contribution in [0.2, 0.25) is 0 Å². The number of para-hydroxylation sites is 1. The molecule has 2 aromatic carbocycles. The first-order chi connectivity index (χ1) is 10.2. The molecule has 0 fully saturated rings. The van der Waals surface area contributed by atoms with E-state index >= 15 is 0 Å². The molecule has 0 saturated heterocycles. The Bertz CT molecular complexity index is 679. The first kappa shape index (κ1) is 14.3. The van der Waals surface area contributed by atoms with Crippen LogP contribution in [0.15, 0.2) is 59.7 Å². The number of hydrogen-bond donors (Lipinski definition) is 2. The number of benzene rings is 2. The quantitative estimate of drug-likeness (QED) is 0.500. The average Bonchev–Trinajstić information content (AvgIpc) is 2.49. The molecule has 0 heterocycles. The van der Waals surface area contributed by atoms with E-state index in [2.05, 4.69) is 10.5 Å². The Kier molecular flexibility index (Phi) is 4.66. The maximum absolute atomic E-state index is 10.5. The Balaban J connectivity index is 1.91. The summed E-state index contributed by atoms with van der Waals surface area (Å²) in [6, 6.07) is 12.9. The van der Waals surface area contributed by atoms with E-state index in [1.165, 1.54) is 18.3 Å². The molecule has 0 unspecified atom stereocenters. The van der Waals surface area contributed by atoms with Crippen LogP contribution in [0.5, 0.6) is 5.75 Å². The molecule has 0 atom stereocenters. The zero-order chi connectivity index (χ0) is 15.1. The predicted octanol–water partition coefficient (Wildman–Crippen LogP) is 3.41. The summed E-state index contributed by atoms with van der Waals surface area (Å²) in [5.74, 6) is 0.200. The van der Waals surface area contributed by atoms with Gasteiger partial charge < -0.3 is 5.11 Å². The van der Waals surface area contributed by atoms with Gasteiger partial charge >= 0.3 is 0 Å². The second-order valence-electron chi connectivity index (χ2n) is 4.11. The number of aromatic hydroxyl groups is 1. The molecule has 0 aliphatic carbocycles. The summed E-state index contributed by atoms with van der Waals surface area (Å²) in [7, 11) is 0. The van der Waals surface area contributed by atoms with Gasteiger partial charge in [-0.2, -0.15) is 5.10 Å². The molecule has 0 amide bonds. The molecule has 6 heteroatoms. The van der Waals surface area contributed by atoms with E-state index in [9.17, 15) is 15.2 Å². The summed E-state index contributed by atoms with van der Waals surface area (Å²) in [5.41, 5.74) is 4.12. The molecular formula is C15H13N3O3. The lowest BCUT2D eigenvalue weighted by Gasteiger charge is -1.98. The van der Waals surface area contributed by atoms with Crippen molar-refractivity contribution >= 4 is 23.7 Å². The Morgan fingerprint density at radius 3 is 2.52 bits per heavy atom. The highest BCUT2D eigenvalue weighted by Crippen LogP contribution is 2.17. The molecule has 106 valence electrons. The van der Waals surface area contributed by atoms with Crippen molar-refractivity contribution < 1.29 is 10.0 Å². The van der Waals surface area contributed by atoms with Crippen molar-refractivity contribution in [3.05, 3.63) is 70.3 Å². The van der Waals surface area contributed by atoms with E-state index in [1.54, 1.807) is 42.5 Å². The van der Waals surface area contributed by atoms with Gasteiger partial charge in [-0.25, -0.2) is 0 Å². The minimum absolute atomic E-state index is 0.0315. The van der Waals surface area contributed by atoms with Crippen molar-refractivity contribution in [1.29, 1.82) is 0 Å². The van der Waals surface area contributed by atoms with Crippen molar-refractivity contribution in [1.82, 2.24) is 0 Å². The molecular weight excluding hydrogens is 270 g/mol. The third-order valence-electron chi connectivity index (χ3n) is 2.64. The number of rotatable bonds is 5. The first-order valence-corrected chi connectivity index (χ1v) is 6.15. The second kappa shape index (κ2) is 6.85. The van der Waals surface area contributed by atoms with Gasteiger partial charge in [0, 0.05) is 23.9 Å². The number of anilines is 1. The monoisotopic (exact) mass is 283 g/mol. The topological polar surface area (TPSA) is 87.8 Å². The van der Waals surface area contributed by atoms with Crippen LogP contribution in [0, 0.1) is 10.1 Å². The standard InChI is InChI=1S/C15H13N3O3/c19-15-6-2-1-4-12(15)5-3-11-16-17-13-7-9-14(10-8-13)18(20)21/h1-11,17,19H/b5-3+,16-11-. The fraction of sp³-hybridized carbons (Fsp3) is 0. The van der Waals surface area contributed by atoms with Gasteiger partial charge in [0.1, 0.15) is 5.75 Å². The summed E-state index contributed by atoms with van der Waals surface area (Å²) in [6.07, 6.45) is 4.91. The zero-order valence-electron chi connectivity index (χ0n) is 11.0. The van der Waals surface area contributed by atoms with Gasteiger partial charge in [-0.15, -0.1) is 0 Å². The van der Waals surface area contributed by atoms with Crippen molar-refractivity contribution in [2.45, 2.75) is 0 Å². The first-order valence-electron chi connectivity index (χ1n) is 6.15. The van der Waals surface area contributed by atoms with E-state index in [1.807, 2.05) is 6.07 Å². The zero-order valence-corrected chi connectivity index (χ0v) is 11.0. The lowest BCUT2D eigenvalue weighted by molar-refractivity contribution is -0.384. The van der Waals surface area contributed by atoms with Crippen molar-refractivity contribution in [2.75, 3.05) is 5.43 Å². The number of phenolic OH excluding ortho intramolecular Hbond substituents is 1. The fourth-order valence-corrected chi connectivity index (χ4v) is 1.59. The number of nitro benzene ring substituents is 1. The lowest BCUT2D eigenvalue weighted by atomic mass is 10.2. The number of nitrogens with one attached hydrogen (secondary N) is 1. The molecule has 0 aliphatic rings. The van der Waals surface area contributed by atoms with Crippen LogP contribution in [0.1, 0.15) is 5.56 Å². The van der Waals surface area contributed by atoms with E-state index < -0.39 is 4.92 Å². The van der Waals surface area contributed by atoms with Crippen molar-refractivity contribution in [3.63, 3.8) is 0 Å². The minimum Gasteiger partial charge on any atom is -0.507 e. The number of hydrogen-bond acceptors (Lipinski definition) is 5. The van der Waals surface area contributed by atoms with Crippen LogP contribution >= 0.6 is 0 Å². The summed E-state index contributed by atoms with van der Waals surface area (Å²) in [4.78, 5) is 10.0. The molecule has 0 radical (unpaired) electrons. The van der Waals surface area contributed by atoms with Crippen LogP contribution in [0.3, 0.4) is 0 Å². The number of phenols is 1. The van der Waals surface area contributed by atoms with Crippen LogP contribution in [-0.2, 0) is 0 Å². The SMILES string of the molecule is O=[N+]([O-])c1ccc(N/N=C\C=C\c2ccccc2O)cc1. The van der Waals surface area contributed by atoms with Crippen LogP contribution < -0.4 is 5.43 Å². The maximum atomic E-state index is 10.5. The Hall–Kier alpha value is -3.15.